The lowest BCUT2D eigenvalue weighted by Gasteiger charge is -2.36. The number of hydrogen-bond acceptors (Lipinski definition) is 6. The number of halogens is 1. The van der Waals surface area contributed by atoms with E-state index in [1.165, 1.54) is 0 Å². The standard InChI is InChI=1S/C23H29ClN4O4/c24-19-3-1-18(2-4-19)21-6-5-20(32-21)15-25-22(29)16-26-7-9-28(10-8-26)23(30)17-27-11-13-31-14-12-27/h1-6H,7-17H2,(H,25,29). The van der Waals surface area contributed by atoms with E-state index in [1.807, 2.05) is 41.3 Å². The van der Waals surface area contributed by atoms with E-state index < -0.39 is 0 Å². The molecule has 1 N–H and O–H groups in total. The molecule has 8 nitrogen and oxygen atoms in total. The number of morpholine rings is 1. The van der Waals surface area contributed by atoms with E-state index in [4.69, 9.17) is 20.8 Å². The molecule has 2 aliphatic heterocycles. The first kappa shape index (κ1) is 22.8. The molecule has 3 heterocycles. The summed E-state index contributed by atoms with van der Waals surface area (Å²) in [5, 5.41) is 3.59. The van der Waals surface area contributed by atoms with Crippen molar-refractivity contribution < 1.29 is 18.7 Å². The summed E-state index contributed by atoms with van der Waals surface area (Å²) >= 11 is 5.92. The number of piperazine rings is 1. The molecule has 172 valence electrons. The third-order valence-electron chi connectivity index (χ3n) is 5.80. The maximum atomic E-state index is 12.5. The normalized spacial score (nSPS) is 18.0. The van der Waals surface area contributed by atoms with Crippen LogP contribution in [0.1, 0.15) is 5.76 Å². The van der Waals surface area contributed by atoms with E-state index in [9.17, 15) is 9.59 Å². The minimum atomic E-state index is -0.0532. The van der Waals surface area contributed by atoms with Gasteiger partial charge in [0, 0.05) is 49.9 Å². The van der Waals surface area contributed by atoms with Gasteiger partial charge in [0.05, 0.1) is 32.8 Å². The Morgan fingerprint density at radius 1 is 0.875 bits per heavy atom. The van der Waals surface area contributed by atoms with Crippen LogP contribution in [-0.2, 0) is 20.9 Å². The summed E-state index contributed by atoms with van der Waals surface area (Å²) in [5.74, 6) is 1.54. The Kier molecular flexibility index (Phi) is 7.81. The Balaban J connectivity index is 1.16. The van der Waals surface area contributed by atoms with Gasteiger partial charge in [-0.15, -0.1) is 0 Å². The van der Waals surface area contributed by atoms with E-state index in [-0.39, 0.29) is 11.8 Å². The summed E-state index contributed by atoms with van der Waals surface area (Å²) in [6.07, 6.45) is 0. The number of nitrogens with one attached hydrogen (secondary N) is 1. The van der Waals surface area contributed by atoms with Crippen LogP contribution in [0.15, 0.2) is 40.8 Å². The van der Waals surface area contributed by atoms with E-state index in [2.05, 4.69) is 15.1 Å². The smallest absolute Gasteiger partial charge is 0.236 e. The number of carbonyl (C=O) groups is 2. The number of benzene rings is 1. The molecule has 0 radical (unpaired) electrons. The molecule has 32 heavy (non-hydrogen) atoms. The highest BCUT2D eigenvalue weighted by Crippen LogP contribution is 2.23. The zero-order valence-corrected chi connectivity index (χ0v) is 18.9. The predicted octanol–water partition coefficient (Wildman–Crippen LogP) is 1.69. The van der Waals surface area contributed by atoms with Gasteiger partial charge >= 0.3 is 0 Å². The van der Waals surface area contributed by atoms with Gasteiger partial charge in [0.15, 0.2) is 0 Å². The second-order valence-corrected chi connectivity index (χ2v) is 8.53. The summed E-state index contributed by atoms with van der Waals surface area (Å²) in [5.41, 5.74) is 0.938. The first-order valence-corrected chi connectivity index (χ1v) is 11.4. The third-order valence-corrected chi connectivity index (χ3v) is 6.06. The van der Waals surface area contributed by atoms with Crippen molar-refractivity contribution in [3.05, 3.63) is 47.2 Å². The second kappa shape index (κ2) is 11.0. The molecule has 2 aromatic rings. The predicted molar refractivity (Wildman–Crippen MR) is 121 cm³/mol. The van der Waals surface area contributed by atoms with Gasteiger partial charge in [0.2, 0.25) is 11.8 Å². The zero-order valence-electron chi connectivity index (χ0n) is 18.1. The summed E-state index contributed by atoms with van der Waals surface area (Å²) in [4.78, 5) is 31.0. The molecule has 0 bridgehead atoms. The molecule has 4 rings (SSSR count). The van der Waals surface area contributed by atoms with Crippen molar-refractivity contribution in [2.24, 2.45) is 0 Å². The molecular formula is C23H29ClN4O4. The average molecular weight is 461 g/mol. The largest absolute Gasteiger partial charge is 0.459 e. The number of amides is 2. The van der Waals surface area contributed by atoms with Crippen LogP contribution < -0.4 is 5.32 Å². The Labute approximate surface area is 193 Å². The number of furan rings is 1. The van der Waals surface area contributed by atoms with Gasteiger partial charge in [-0.1, -0.05) is 11.6 Å². The molecular weight excluding hydrogens is 432 g/mol. The van der Waals surface area contributed by atoms with Gasteiger partial charge < -0.3 is 19.4 Å². The molecule has 2 aliphatic rings. The molecule has 9 heteroatoms. The maximum Gasteiger partial charge on any atom is 0.236 e. The third kappa shape index (κ3) is 6.32. The lowest BCUT2D eigenvalue weighted by molar-refractivity contribution is -0.135. The fraction of sp³-hybridized carbons (Fsp3) is 0.478. The highest BCUT2D eigenvalue weighted by Gasteiger charge is 2.24. The topological polar surface area (TPSA) is 78.3 Å². The van der Waals surface area contributed by atoms with Crippen molar-refractivity contribution >= 4 is 23.4 Å². The molecule has 1 aromatic heterocycles. The van der Waals surface area contributed by atoms with Crippen LogP contribution in [0.4, 0.5) is 0 Å². The molecule has 0 spiro atoms. The molecule has 2 fully saturated rings. The molecule has 1 aromatic carbocycles. The van der Waals surface area contributed by atoms with Crippen LogP contribution >= 0.6 is 11.6 Å². The Hall–Kier alpha value is -2.39. The Morgan fingerprint density at radius 2 is 1.56 bits per heavy atom. The first-order valence-electron chi connectivity index (χ1n) is 11.0. The highest BCUT2D eigenvalue weighted by molar-refractivity contribution is 6.30. The fourth-order valence-electron chi connectivity index (χ4n) is 3.89. The van der Waals surface area contributed by atoms with Crippen molar-refractivity contribution in [1.29, 1.82) is 0 Å². The van der Waals surface area contributed by atoms with E-state index in [0.29, 0.717) is 69.8 Å². The van der Waals surface area contributed by atoms with Crippen LogP contribution in [-0.4, -0.2) is 92.1 Å². The number of nitrogens with zero attached hydrogens (tertiary/aromatic N) is 3. The summed E-state index contributed by atoms with van der Waals surface area (Å²) < 4.78 is 11.2. The van der Waals surface area contributed by atoms with Crippen molar-refractivity contribution in [3.63, 3.8) is 0 Å². The summed E-state index contributed by atoms with van der Waals surface area (Å²) in [6.45, 7) is 6.80. The van der Waals surface area contributed by atoms with Crippen molar-refractivity contribution in [2.75, 3.05) is 65.6 Å². The lowest BCUT2D eigenvalue weighted by Crippen LogP contribution is -2.53. The zero-order chi connectivity index (χ0) is 22.3. The quantitative estimate of drug-likeness (QED) is 0.677. The summed E-state index contributed by atoms with van der Waals surface area (Å²) in [7, 11) is 0. The molecule has 0 unspecified atom stereocenters. The Bertz CT molecular complexity index is 903. The van der Waals surface area contributed by atoms with Crippen LogP contribution in [0.5, 0.6) is 0 Å². The van der Waals surface area contributed by atoms with E-state index >= 15 is 0 Å². The lowest BCUT2D eigenvalue weighted by atomic mass is 10.2. The van der Waals surface area contributed by atoms with Gasteiger partial charge in [0.25, 0.3) is 0 Å². The summed E-state index contributed by atoms with van der Waals surface area (Å²) in [6, 6.07) is 11.2. The fourth-order valence-corrected chi connectivity index (χ4v) is 4.02. The molecule has 0 saturated carbocycles. The van der Waals surface area contributed by atoms with Gasteiger partial charge in [-0.05, 0) is 36.4 Å². The van der Waals surface area contributed by atoms with Crippen LogP contribution in [0.25, 0.3) is 11.3 Å². The number of ether oxygens (including phenoxy) is 1. The van der Waals surface area contributed by atoms with E-state index in [0.717, 1.165) is 24.4 Å². The van der Waals surface area contributed by atoms with E-state index in [1.54, 1.807) is 0 Å². The Morgan fingerprint density at radius 3 is 2.28 bits per heavy atom. The minimum absolute atomic E-state index is 0.0532. The van der Waals surface area contributed by atoms with Gasteiger partial charge in [-0.3, -0.25) is 19.4 Å². The van der Waals surface area contributed by atoms with Crippen molar-refractivity contribution in [1.82, 2.24) is 20.0 Å². The molecule has 2 amide bonds. The van der Waals surface area contributed by atoms with Crippen molar-refractivity contribution in [2.45, 2.75) is 6.54 Å². The van der Waals surface area contributed by atoms with Crippen LogP contribution in [0.3, 0.4) is 0 Å². The number of carbonyl (C=O) groups excluding carboxylic acids is 2. The SMILES string of the molecule is O=C(CN1CCN(C(=O)CN2CCOCC2)CC1)NCc1ccc(-c2ccc(Cl)cc2)o1. The monoisotopic (exact) mass is 460 g/mol. The van der Waals surface area contributed by atoms with Crippen LogP contribution in [0, 0.1) is 0 Å². The van der Waals surface area contributed by atoms with Gasteiger partial charge in [-0.2, -0.15) is 0 Å². The van der Waals surface area contributed by atoms with Gasteiger partial charge in [-0.25, -0.2) is 0 Å². The number of rotatable bonds is 7. The maximum absolute atomic E-state index is 12.5. The highest BCUT2D eigenvalue weighted by atomic mass is 35.5. The second-order valence-electron chi connectivity index (χ2n) is 8.10. The average Bonchev–Trinajstić information content (AvgIpc) is 3.28. The number of hydrogen-bond donors (Lipinski definition) is 1. The minimum Gasteiger partial charge on any atom is -0.459 e. The first-order chi connectivity index (χ1) is 15.6. The van der Waals surface area contributed by atoms with Gasteiger partial charge in [0.1, 0.15) is 11.5 Å². The molecule has 0 atom stereocenters. The molecule has 2 saturated heterocycles. The van der Waals surface area contributed by atoms with Crippen LogP contribution in [0.2, 0.25) is 5.02 Å². The van der Waals surface area contributed by atoms with Crippen molar-refractivity contribution in [3.8, 4) is 11.3 Å². The molecule has 0 aliphatic carbocycles.